The van der Waals surface area contributed by atoms with Crippen molar-refractivity contribution >= 4 is 5.97 Å². The Labute approximate surface area is 279 Å². The summed E-state index contributed by atoms with van der Waals surface area (Å²) in [5, 5.41) is 41.9. The minimum absolute atomic E-state index is 0.0636. The highest BCUT2D eigenvalue weighted by molar-refractivity contribution is 5.66. The molecule has 10 nitrogen and oxygen atoms in total. The zero-order valence-corrected chi connectivity index (χ0v) is 29.6. The fourth-order valence-corrected chi connectivity index (χ4v) is 13.4. The summed E-state index contributed by atoms with van der Waals surface area (Å²) in [7, 11) is 0. The van der Waals surface area contributed by atoms with E-state index < -0.39 is 53.9 Å². The average Bonchev–Trinajstić information content (AvgIpc) is 3.39. The second-order valence-corrected chi connectivity index (χ2v) is 18.1. The second-order valence-electron chi connectivity index (χ2n) is 18.1. The molecular weight excluding hydrogens is 602 g/mol. The molecule has 5 aliphatic carbocycles. The number of rotatable bonds is 5. The summed E-state index contributed by atoms with van der Waals surface area (Å²) >= 11 is 0. The first kappa shape index (κ1) is 34.2. The number of hydrogen-bond donors (Lipinski definition) is 5. The van der Waals surface area contributed by atoms with E-state index in [0.29, 0.717) is 30.6 Å². The van der Waals surface area contributed by atoms with Crippen LogP contribution in [0.3, 0.4) is 0 Å². The summed E-state index contributed by atoms with van der Waals surface area (Å²) in [6, 6.07) is 0. The normalized spacial score (nSPS) is 52.2. The van der Waals surface area contributed by atoms with Crippen LogP contribution in [0.2, 0.25) is 0 Å². The van der Waals surface area contributed by atoms with E-state index in [2.05, 4.69) is 34.6 Å². The van der Waals surface area contributed by atoms with Crippen molar-refractivity contribution in [2.45, 2.75) is 161 Å². The van der Waals surface area contributed by atoms with Gasteiger partial charge in [0.1, 0.15) is 24.4 Å². The molecule has 10 heteroatoms. The number of aliphatic hydroxyl groups excluding tert-OH is 3. The largest absolute Gasteiger partial charge is 0.491 e. The molecule has 1 saturated heterocycles. The second kappa shape index (κ2) is 10.6. The van der Waals surface area contributed by atoms with Crippen molar-refractivity contribution in [1.82, 2.24) is 0 Å². The molecule has 0 unspecified atom stereocenters. The third-order valence-electron chi connectivity index (χ3n) is 15.4. The molecule has 7 aliphatic rings. The predicted molar refractivity (Wildman–Crippen MR) is 172 cm³/mol. The number of esters is 1. The molecule has 2 spiro atoms. The fourth-order valence-electron chi connectivity index (χ4n) is 13.4. The molecule has 47 heavy (non-hydrogen) atoms. The Kier molecular flexibility index (Phi) is 7.73. The van der Waals surface area contributed by atoms with Gasteiger partial charge in [-0.05, 0) is 104 Å². The van der Waals surface area contributed by atoms with Gasteiger partial charge in [-0.3, -0.25) is 4.79 Å². The van der Waals surface area contributed by atoms with E-state index in [1.165, 1.54) is 12.5 Å². The third kappa shape index (κ3) is 4.37. The van der Waals surface area contributed by atoms with Crippen molar-refractivity contribution in [2.75, 3.05) is 6.61 Å². The lowest BCUT2D eigenvalue weighted by atomic mass is 9.44. The summed E-state index contributed by atoms with van der Waals surface area (Å²) in [6.07, 6.45) is 1.39. The molecule has 266 valence electrons. The van der Waals surface area contributed by atoms with Gasteiger partial charge in [-0.1, -0.05) is 34.6 Å². The quantitative estimate of drug-likeness (QED) is 0.218. The first-order valence-electron chi connectivity index (χ1n) is 18.2. The van der Waals surface area contributed by atoms with E-state index in [4.69, 9.17) is 24.7 Å². The van der Waals surface area contributed by atoms with Crippen LogP contribution in [0, 0.1) is 45.3 Å². The molecule has 15 atom stereocenters. The summed E-state index contributed by atoms with van der Waals surface area (Å²) in [5.41, 5.74) is 7.39. The molecule has 4 saturated carbocycles. The van der Waals surface area contributed by atoms with E-state index in [0.717, 1.165) is 44.3 Å². The van der Waals surface area contributed by atoms with E-state index in [-0.39, 0.29) is 40.3 Å². The Hall–Kier alpha value is -1.27. The molecule has 5 fully saturated rings. The van der Waals surface area contributed by atoms with Crippen molar-refractivity contribution in [3.63, 3.8) is 0 Å². The molecule has 2 heterocycles. The van der Waals surface area contributed by atoms with Gasteiger partial charge < -0.3 is 45.1 Å². The lowest BCUT2D eigenvalue weighted by Crippen LogP contribution is -2.66. The van der Waals surface area contributed by atoms with Crippen molar-refractivity contribution in [3.8, 4) is 0 Å². The monoisotopic (exact) mass is 661 g/mol. The van der Waals surface area contributed by atoms with E-state index in [1.54, 1.807) is 13.8 Å². The molecular formula is C37H59NO9. The maximum Gasteiger partial charge on any atom is 0.303 e. The Morgan fingerprint density at radius 2 is 1.66 bits per heavy atom. The van der Waals surface area contributed by atoms with Crippen LogP contribution >= 0.6 is 0 Å². The standard InChI is InChI=1S/C37H59NO9/c1-18-15-22(30(33(6,7)43)45-20(3)39)46-23-16-37(38)25-10-9-24-32(4,5)26(47-31-29(42)28(41)21(40)17-44-31)11-12-35(24)19(2)36(25,35)14-13-34(37,8)27(18)23/h18-19,21-22,24-26,28-31,40-43H,9-17,38H2,1-8H3/t18-,19-,21+,22-,24+,25-,26+,28+,29-,30+,31+,34-,35-,36+,37-/m1/s1. The topological polar surface area (TPSA) is 161 Å². The number of ether oxygens (including phenoxy) is 4. The SMILES string of the molecule is CC(=O)O[C@@H]([C@H]1C[C@@H](C)C2=C(C[C@@]3(N)[C@@H]4CC[C@H]5C(C)(C)[C@@H](O[C@@H]6OC[C@H](O)[C@H](O)[C@H]6O)CC[C@@]56[C@@H](C)[C@@]46CC[C@]23C)O1)C(C)(C)O. The first-order valence-corrected chi connectivity index (χ1v) is 18.2. The van der Waals surface area contributed by atoms with E-state index in [9.17, 15) is 25.2 Å². The van der Waals surface area contributed by atoms with Crippen LogP contribution in [0.1, 0.15) is 107 Å². The number of carbonyl (C=O) groups excluding carboxylic acids is 1. The Bertz CT molecular complexity index is 1330. The number of nitrogens with two attached hydrogens (primary N) is 1. The van der Waals surface area contributed by atoms with Gasteiger partial charge in [0.05, 0.1) is 24.1 Å². The Morgan fingerprint density at radius 1 is 1.00 bits per heavy atom. The molecule has 0 bridgehead atoms. The van der Waals surface area contributed by atoms with Crippen LogP contribution in [0.5, 0.6) is 0 Å². The van der Waals surface area contributed by atoms with Crippen molar-refractivity contribution in [1.29, 1.82) is 0 Å². The minimum atomic E-state index is -1.29. The van der Waals surface area contributed by atoms with Crippen LogP contribution in [0.25, 0.3) is 0 Å². The van der Waals surface area contributed by atoms with Crippen LogP contribution < -0.4 is 5.73 Å². The summed E-state index contributed by atoms with van der Waals surface area (Å²) in [5.74, 6) is 2.01. The first-order chi connectivity index (χ1) is 21.8. The highest BCUT2D eigenvalue weighted by Gasteiger charge is 2.86. The maximum absolute atomic E-state index is 12.0. The molecule has 2 aliphatic heterocycles. The number of hydrogen-bond acceptors (Lipinski definition) is 10. The fraction of sp³-hybridized carbons (Fsp3) is 0.919. The Morgan fingerprint density at radius 3 is 2.32 bits per heavy atom. The summed E-state index contributed by atoms with van der Waals surface area (Å²) < 4.78 is 24.6. The lowest BCUT2D eigenvalue weighted by molar-refractivity contribution is -0.302. The van der Waals surface area contributed by atoms with Gasteiger partial charge in [-0.25, -0.2) is 0 Å². The molecule has 0 aromatic heterocycles. The lowest BCUT2D eigenvalue weighted by Gasteiger charge is -2.62. The molecule has 0 radical (unpaired) electrons. The molecule has 0 aromatic rings. The van der Waals surface area contributed by atoms with Crippen LogP contribution in [0.15, 0.2) is 11.3 Å². The van der Waals surface area contributed by atoms with Gasteiger partial charge in [-0.2, -0.15) is 0 Å². The molecule has 0 aromatic carbocycles. The maximum atomic E-state index is 12.0. The van der Waals surface area contributed by atoms with Gasteiger partial charge in [-0.15, -0.1) is 0 Å². The van der Waals surface area contributed by atoms with Crippen molar-refractivity contribution < 1.29 is 44.2 Å². The van der Waals surface area contributed by atoms with Gasteiger partial charge in [0.2, 0.25) is 0 Å². The van der Waals surface area contributed by atoms with E-state index >= 15 is 0 Å². The van der Waals surface area contributed by atoms with Crippen LogP contribution in [-0.2, 0) is 23.7 Å². The van der Waals surface area contributed by atoms with Gasteiger partial charge in [0.15, 0.2) is 12.4 Å². The number of carbonyl (C=O) groups is 1. The zero-order chi connectivity index (χ0) is 34.3. The number of fused-ring (bicyclic) bond motifs is 3. The van der Waals surface area contributed by atoms with Gasteiger partial charge in [0, 0.05) is 24.3 Å². The highest BCUT2D eigenvalue weighted by Crippen LogP contribution is 2.90. The molecule has 0 amide bonds. The zero-order valence-electron chi connectivity index (χ0n) is 29.6. The van der Waals surface area contributed by atoms with Gasteiger partial charge in [0.25, 0.3) is 0 Å². The third-order valence-corrected chi connectivity index (χ3v) is 15.4. The van der Waals surface area contributed by atoms with Gasteiger partial charge >= 0.3 is 5.97 Å². The summed E-state index contributed by atoms with van der Waals surface area (Å²) in [6.45, 7) is 16.4. The summed E-state index contributed by atoms with van der Waals surface area (Å²) in [4.78, 5) is 12.0. The Balaban J connectivity index is 1.15. The van der Waals surface area contributed by atoms with E-state index in [1.807, 2.05) is 0 Å². The smallest absolute Gasteiger partial charge is 0.303 e. The van der Waals surface area contributed by atoms with Crippen molar-refractivity contribution in [3.05, 3.63) is 11.3 Å². The van der Waals surface area contributed by atoms with Crippen molar-refractivity contribution in [2.24, 2.45) is 51.1 Å². The number of aliphatic hydroxyl groups is 4. The molecule has 6 N–H and O–H groups in total. The predicted octanol–water partition coefficient (Wildman–Crippen LogP) is 3.56. The highest BCUT2D eigenvalue weighted by atomic mass is 16.7. The van der Waals surface area contributed by atoms with Crippen LogP contribution in [-0.4, -0.2) is 87.1 Å². The average molecular weight is 662 g/mol. The molecule has 7 rings (SSSR count). The van der Waals surface area contributed by atoms with Crippen LogP contribution in [0.4, 0.5) is 0 Å². The minimum Gasteiger partial charge on any atom is -0.491 e.